The van der Waals surface area contributed by atoms with Crippen LogP contribution in [0.4, 0.5) is 0 Å². The molecule has 0 bridgehead atoms. The second-order valence-electron chi connectivity index (χ2n) is 5.22. The largest absolute Gasteiger partial charge is 0.464 e. The number of esters is 1. The van der Waals surface area contributed by atoms with Crippen LogP contribution in [0.2, 0.25) is 0 Å². The van der Waals surface area contributed by atoms with E-state index in [0.29, 0.717) is 13.0 Å². The van der Waals surface area contributed by atoms with Gasteiger partial charge in [-0.25, -0.2) is 4.79 Å². The van der Waals surface area contributed by atoms with E-state index in [1.165, 1.54) is 0 Å². The van der Waals surface area contributed by atoms with Crippen LogP contribution in [0.25, 0.3) is 0 Å². The molecule has 2 rings (SSSR count). The molecule has 5 heteroatoms. The third-order valence-electron chi connectivity index (χ3n) is 3.95. The van der Waals surface area contributed by atoms with Crippen LogP contribution in [0.15, 0.2) is 24.3 Å². The zero-order valence-corrected chi connectivity index (χ0v) is 12.5. The van der Waals surface area contributed by atoms with E-state index in [2.05, 4.69) is 0 Å². The van der Waals surface area contributed by atoms with Crippen LogP contribution in [0.3, 0.4) is 0 Å². The number of hydrogen-bond acceptors (Lipinski definition) is 4. The van der Waals surface area contributed by atoms with Gasteiger partial charge in [-0.1, -0.05) is 24.3 Å². The van der Waals surface area contributed by atoms with Crippen molar-refractivity contribution >= 4 is 11.9 Å². The van der Waals surface area contributed by atoms with Crippen LogP contribution in [0.5, 0.6) is 0 Å². The molecule has 2 atom stereocenters. The zero-order chi connectivity index (χ0) is 15.4. The monoisotopic (exact) mass is 290 g/mol. The minimum atomic E-state index is -0.523. The van der Waals surface area contributed by atoms with Crippen LogP contribution < -0.4 is 5.73 Å². The second kappa shape index (κ2) is 6.72. The standard InChI is InChI=1S/C16H22N2O3/c1-3-21-16(20)14-9-8-13(18(14)15(19)10-17)12-7-5-4-6-11(12)2/h4-7,13-14H,3,8-10,17H2,1-2H3/t13-,14-/m0/s1. The van der Waals surface area contributed by atoms with E-state index in [4.69, 9.17) is 10.5 Å². The number of carbonyl (C=O) groups is 2. The van der Waals surface area contributed by atoms with Crippen molar-refractivity contribution in [3.05, 3.63) is 35.4 Å². The van der Waals surface area contributed by atoms with E-state index >= 15 is 0 Å². The molecule has 2 N–H and O–H groups in total. The number of hydrogen-bond donors (Lipinski definition) is 1. The lowest BCUT2D eigenvalue weighted by atomic mass is 9.99. The number of aryl methyl sites for hydroxylation is 1. The van der Waals surface area contributed by atoms with Crippen LogP contribution in [-0.4, -0.2) is 36.0 Å². The predicted molar refractivity (Wildman–Crippen MR) is 79.5 cm³/mol. The molecule has 0 aliphatic carbocycles. The van der Waals surface area contributed by atoms with Gasteiger partial charge in [-0.15, -0.1) is 0 Å². The van der Waals surface area contributed by atoms with E-state index in [0.717, 1.165) is 17.5 Å². The molecule has 114 valence electrons. The first kappa shape index (κ1) is 15.5. The summed E-state index contributed by atoms with van der Waals surface area (Å²) in [6, 6.07) is 7.31. The van der Waals surface area contributed by atoms with Gasteiger partial charge in [-0.3, -0.25) is 4.79 Å². The van der Waals surface area contributed by atoms with Gasteiger partial charge in [0, 0.05) is 0 Å². The normalized spacial score (nSPS) is 21.4. The van der Waals surface area contributed by atoms with Gasteiger partial charge < -0.3 is 15.4 Å². The number of rotatable bonds is 4. The molecule has 21 heavy (non-hydrogen) atoms. The summed E-state index contributed by atoms with van der Waals surface area (Å²) >= 11 is 0. The Kier molecular flexibility index (Phi) is 4.96. The van der Waals surface area contributed by atoms with E-state index in [-0.39, 0.29) is 24.5 Å². The molecule has 1 heterocycles. The second-order valence-corrected chi connectivity index (χ2v) is 5.22. The van der Waals surface area contributed by atoms with Gasteiger partial charge >= 0.3 is 5.97 Å². The lowest BCUT2D eigenvalue weighted by Crippen LogP contribution is -2.45. The lowest BCUT2D eigenvalue weighted by Gasteiger charge is -2.30. The Morgan fingerprint density at radius 2 is 2.05 bits per heavy atom. The zero-order valence-electron chi connectivity index (χ0n) is 12.5. The molecule has 5 nitrogen and oxygen atoms in total. The number of carbonyl (C=O) groups excluding carboxylic acids is 2. The Morgan fingerprint density at radius 1 is 1.33 bits per heavy atom. The van der Waals surface area contributed by atoms with E-state index in [1.54, 1.807) is 11.8 Å². The molecule has 1 aromatic carbocycles. The Morgan fingerprint density at radius 3 is 2.67 bits per heavy atom. The highest BCUT2D eigenvalue weighted by Gasteiger charge is 2.42. The summed E-state index contributed by atoms with van der Waals surface area (Å²) in [4.78, 5) is 25.9. The molecule has 1 aromatic rings. The Hall–Kier alpha value is -1.88. The van der Waals surface area contributed by atoms with Gasteiger partial charge in [0.1, 0.15) is 6.04 Å². The summed E-state index contributed by atoms with van der Waals surface area (Å²) in [5, 5.41) is 0. The maximum Gasteiger partial charge on any atom is 0.328 e. The molecule has 1 aliphatic rings. The van der Waals surface area contributed by atoms with Crippen molar-refractivity contribution in [1.29, 1.82) is 0 Å². The summed E-state index contributed by atoms with van der Waals surface area (Å²) < 4.78 is 5.09. The number of nitrogens with two attached hydrogens (primary N) is 1. The first-order chi connectivity index (χ1) is 10.1. The quantitative estimate of drug-likeness (QED) is 0.854. The van der Waals surface area contributed by atoms with Crippen LogP contribution in [0, 0.1) is 6.92 Å². The Balaban J connectivity index is 2.32. The highest BCUT2D eigenvalue weighted by molar-refractivity contribution is 5.86. The Bertz CT molecular complexity index is 530. The van der Waals surface area contributed by atoms with E-state index < -0.39 is 6.04 Å². The maximum absolute atomic E-state index is 12.2. The highest BCUT2D eigenvalue weighted by Crippen LogP contribution is 2.37. The van der Waals surface area contributed by atoms with Crippen molar-refractivity contribution in [2.45, 2.75) is 38.8 Å². The molecule has 0 saturated carbocycles. The van der Waals surface area contributed by atoms with Gasteiger partial charge in [-0.2, -0.15) is 0 Å². The van der Waals surface area contributed by atoms with Crippen molar-refractivity contribution in [1.82, 2.24) is 4.90 Å². The molecule has 0 spiro atoms. The van der Waals surface area contributed by atoms with Crippen LogP contribution in [-0.2, 0) is 14.3 Å². The molecule has 0 unspecified atom stereocenters. The number of ether oxygens (including phenoxy) is 1. The fourth-order valence-electron chi connectivity index (χ4n) is 3.00. The average molecular weight is 290 g/mol. The third-order valence-corrected chi connectivity index (χ3v) is 3.95. The number of nitrogens with zero attached hydrogens (tertiary/aromatic N) is 1. The van der Waals surface area contributed by atoms with Crippen molar-refractivity contribution in [3.63, 3.8) is 0 Å². The smallest absolute Gasteiger partial charge is 0.328 e. The SMILES string of the molecule is CCOC(=O)[C@@H]1CC[C@@H](c2ccccc2C)N1C(=O)CN. The minimum Gasteiger partial charge on any atom is -0.464 e. The summed E-state index contributed by atoms with van der Waals surface area (Å²) in [7, 11) is 0. The molecule has 0 aromatic heterocycles. The van der Waals surface area contributed by atoms with Crippen molar-refractivity contribution in [3.8, 4) is 0 Å². The average Bonchev–Trinajstić information content (AvgIpc) is 2.92. The van der Waals surface area contributed by atoms with Gasteiger partial charge in [0.15, 0.2) is 0 Å². The summed E-state index contributed by atoms with van der Waals surface area (Å²) in [6.45, 7) is 3.99. The molecular weight excluding hydrogens is 268 g/mol. The fourth-order valence-corrected chi connectivity index (χ4v) is 3.00. The van der Waals surface area contributed by atoms with Gasteiger partial charge in [0.25, 0.3) is 0 Å². The number of benzene rings is 1. The van der Waals surface area contributed by atoms with Crippen molar-refractivity contribution < 1.29 is 14.3 Å². The number of likely N-dealkylation sites (tertiary alicyclic amines) is 1. The van der Waals surface area contributed by atoms with Crippen LogP contribution >= 0.6 is 0 Å². The van der Waals surface area contributed by atoms with E-state index in [9.17, 15) is 9.59 Å². The molecular formula is C16H22N2O3. The lowest BCUT2D eigenvalue weighted by molar-refractivity contribution is -0.153. The molecule has 1 amide bonds. The molecule has 0 radical (unpaired) electrons. The molecule has 1 saturated heterocycles. The highest BCUT2D eigenvalue weighted by atomic mass is 16.5. The van der Waals surface area contributed by atoms with Crippen LogP contribution in [0.1, 0.15) is 36.9 Å². The summed E-state index contributed by atoms with van der Waals surface area (Å²) in [5.41, 5.74) is 7.71. The summed E-state index contributed by atoms with van der Waals surface area (Å²) in [6.07, 6.45) is 1.36. The topological polar surface area (TPSA) is 72.6 Å². The predicted octanol–water partition coefficient (Wildman–Crippen LogP) is 1.55. The summed E-state index contributed by atoms with van der Waals surface area (Å²) in [5.74, 6) is -0.547. The number of amides is 1. The first-order valence-electron chi connectivity index (χ1n) is 7.33. The van der Waals surface area contributed by atoms with Gasteiger partial charge in [-0.05, 0) is 37.8 Å². The molecule has 1 aliphatic heterocycles. The van der Waals surface area contributed by atoms with Gasteiger partial charge in [0.05, 0.1) is 19.2 Å². The third kappa shape index (κ3) is 3.08. The van der Waals surface area contributed by atoms with Crippen molar-refractivity contribution in [2.75, 3.05) is 13.2 Å². The Labute approximate surface area is 125 Å². The minimum absolute atomic E-state index is 0.0989. The van der Waals surface area contributed by atoms with Crippen molar-refractivity contribution in [2.24, 2.45) is 5.73 Å². The molecule has 1 fully saturated rings. The van der Waals surface area contributed by atoms with E-state index in [1.807, 2.05) is 31.2 Å². The fraction of sp³-hybridized carbons (Fsp3) is 0.500. The van der Waals surface area contributed by atoms with Gasteiger partial charge in [0.2, 0.25) is 5.91 Å². The first-order valence-corrected chi connectivity index (χ1v) is 7.33. The maximum atomic E-state index is 12.2.